The Labute approximate surface area is 125 Å². The molecule has 1 N–H and O–H groups in total. The molecule has 0 unspecified atom stereocenters. The first-order valence-corrected chi connectivity index (χ1v) is 6.46. The van der Waals surface area contributed by atoms with E-state index in [9.17, 15) is 13.2 Å². The van der Waals surface area contributed by atoms with Crippen LogP contribution >= 0.6 is 23.2 Å². The Hall–Kier alpha value is -0.690. The summed E-state index contributed by atoms with van der Waals surface area (Å²) in [6.07, 6.45) is -4.43. The molecular formula is C12H14Cl2F3NO2. The molecule has 0 radical (unpaired) electrons. The minimum atomic E-state index is -4.43. The number of hydrogen-bond donors (Lipinski definition) is 1. The zero-order chi connectivity index (χ0) is 15.2. The smallest absolute Gasteiger partial charge is 0.422 e. The van der Waals surface area contributed by atoms with Gasteiger partial charge in [0.2, 0.25) is 0 Å². The molecule has 0 aliphatic carbocycles. The van der Waals surface area contributed by atoms with Gasteiger partial charge in [-0.3, -0.25) is 0 Å². The maximum Gasteiger partial charge on any atom is 0.422 e. The van der Waals surface area contributed by atoms with Gasteiger partial charge in [-0.15, -0.1) is 0 Å². The molecule has 0 saturated heterocycles. The van der Waals surface area contributed by atoms with Crippen LogP contribution in [0.25, 0.3) is 0 Å². The first-order valence-electron chi connectivity index (χ1n) is 5.70. The molecule has 0 atom stereocenters. The zero-order valence-corrected chi connectivity index (χ0v) is 12.2. The van der Waals surface area contributed by atoms with Gasteiger partial charge in [-0.2, -0.15) is 13.2 Å². The highest BCUT2D eigenvalue weighted by atomic mass is 35.5. The van der Waals surface area contributed by atoms with Crippen LogP contribution in [0.1, 0.15) is 5.56 Å². The molecule has 1 aromatic rings. The molecule has 0 saturated carbocycles. The second kappa shape index (κ2) is 7.93. The van der Waals surface area contributed by atoms with Gasteiger partial charge in [-0.1, -0.05) is 23.2 Å². The highest BCUT2D eigenvalue weighted by Gasteiger charge is 2.29. The lowest BCUT2D eigenvalue weighted by molar-refractivity contribution is -0.153. The Morgan fingerprint density at radius 2 is 1.95 bits per heavy atom. The molecule has 0 bridgehead atoms. The van der Waals surface area contributed by atoms with Crippen molar-refractivity contribution in [3.63, 3.8) is 0 Å². The van der Waals surface area contributed by atoms with Gasteiger partial charge in [-0.25, -0.2) is 0 Å². The van der Waals surface area contributed by atoms with Gasteiger partial charge in [0.15, 0.2) is 6.61 Å². The molecule has 0 fully saturated rings. The maximum atomic E-state index is 12.2. The van der Waals surface area contributed by atoms with Gasteiger partial charge < -0.3 is 14.8 Å². The molecule has 0 heterocycles. The monoisotopic (exact) mass is 331 g/mol. The van der Waals surface area contributed by atoms with Crippen molar-refractivity contribution in [3.8, 4) is 5.75 Å². The molecule has 1 rings (SSSR count). The average Bonchev–Trinajstić information content (AvgIpc) is 2.32. The fraction of sp³-hybridized carbons (Fsp3) is 0.500. The third-order valence-electron chi connectivity index (χ3n) is 2.26. The van der Waals surface area contributed by atoms with Crippen LogP contribution in [0.3, 0.4) is 0 Å². The lowest BCUT2D eigenvalue weighted by atomic mass is 10.2. The summed E-state index contributed by atoms with van der Waals surface area (Å²) >= 11 is 11.7. The minimum Gasteiger partial charge on any atom is -0.482 e. The lowest BCUT2D eigenvalue weighted by Gasteiger charge is -2.15. The van der Waals surface area contributed by atoms with E-state index in [0.29, 0.717) is 23.7 Å². The second-order valence-corrected chi connectivity index (χ2v) is 4.79. The Bertz CT molecular complexity index is 441. The molecule has 0 aliphatic heterocycles. The molecule has 0 amide bonds. The number of ether oxygens (including phenoxy) is 2. The summed E-state index contributed by atoms with van der Waals surface area (Å²) in [6.45, 7) is -0.108. The molecule has 0 aromatic heterocycles. The minimum absolute atomic E-state index is 0.0155. The molecular weight excluding hydrogens is 318 g/mol. The number of benzene rings is 1. The summed E-state index contributed by atoms with van der Waals surface area (Å²) in [7, 11) is 1.55. The van der Waals surface area contributed by atoms with Crippen LogP contribution in [0.4, 0.5) is 13.2 Å². The van der Waals surface area contributed by atoms with Crippen LogP contribution in [0.2, 0.25) is 10.0 Å². The number of nitrogens with one attached hydrogen (secondary N) is 1. The number of hydrogen-bond acceptors (Lipinski definition) is 3. The summed E-state index contributed by atoms with van der Waals surface area (Å²) in [6, 6.07) is 2.85. The molecule has 0 spiro atoms. The number of halogens is 5. The average molecular weight is 332 g/mol. The highest BCUT2D eigenvalue weighted by molar-refractivity contribution is 6.35. The van der Waals surface area contributed by atoms with Crippen molar-refractivity contribution in [3.05, 3.63) is 27.7 Å². The van der Waals surface area contributed by atoms with E-state index in [0.717, 1.165) is 0 Å². The fourth-order valence-electron chi connectivity index (χ4n) is 1.46. The summed E-state index contributed by atoms with van der Waals surface area (Å²) < 4.78 is 46.2. The molecule has 0 aliphatic rings. The Morgan fingerprint density at radius 1 is 1.25 bits per heavy atom. The summed E-state index contributed by atoms with van der Waals surface area (Å²) in [4.78, 5) is 0. The fourth-order valence-corrected chi connectivity index (χ4v) is 2.05. The van der Waals surface area contributed by atoms with E-state index in [2.05, 4.69) is 5.32 Å². The van der Waals surface area contributed by atoms with Gasteiger partial charge in [0.1, 0.15) is 5.75 Å². The second-order valence-electron chi connectivity index (χ2n) is 3.95. The van der Waals surface area contributed by atoms with E-state index >= 15 is 0 Å². The van der Waals surface area contributed by atoms with Crippen molar-refractivity contribution in [1.29, 1.82) is 0 Å². The van der Waals surface area contributed by atoms with Crippen molar-refractivity contribution in [2.45, 2.75) is 12.7 Å². The lowest BCUT2D eigenvalue weighted by Crippen LogP contribution is -2.22. The van der Waals surface area contributed by atoms with E-state index in [1.165, 1.54) is 12.1 Å². The van der Waals surface area contributed by atoms with E-state index in [4.69, 9.17) is 32.7 Å². The van der Waals surface area contributed by atoms with Gasteiger partial charge in [-0.05, 0) is 12.1 Å². The first-order chi connectivity index (χ1) is 9.33. The van der Waals surface area contributed by atoms with Crippen LogP contribution in [-0.2, 0) is 11.3 Å². The highest BCUT2D eigenvalue weighted by Crippen LogP contribution is 2.33. The zero-order valence-electron chi connectivity index (χ0n) is 10.7. The van der Waals surface area contributed by atoms with Crippen LogP contribution in [0.15, 0.2) is 12.1 Å². The van der Waals surface area contributed by atoms with Crippen molar-refractivity contribution in [1.82, 2.24) is 5.32 Å². The number of rotatable bonds is 7. The van der Waals surface area contributed by atoms with Gasteiger partial charge >= 0.3 is 6.18 Å². The third kappa shape index (κ3) is 6.17. The quantitative estimate of drug-likeness (QED) is 0.773. The Morgan fingerprint density at radius 3 is 2.55 bits per heavy atom. The van der Waals surface area contributed by atoms with Crippen molar-refractivity contribution < 1.29 is 22.6 Å². The molecule has 20 heavy (non-hydrogen) atoms. The third-order valence-corrected chi connectivity index (χ3v) is 2.76. The summed E-state index contributed by atoms with van der Waals surface area (Å²) in [5, 5.41) is 3.37. The van der Waals surface area contributed by atoms with Crippen molar-refractivity contribution in [2.24, 2.45) is 0 Å². The van der Waals surface area contributed by atoms with Crippen molar-refractivity contribution >= 4 is 23.2 Å². The van der Waals surface area contributed by atoms with E-state index in [-0.39, 0.29) is 17.3 Å². The molecule has 114 valence electrons. The SMILES string of the molecule is COCCNCc1cc(Cl)cc(Cl)c1OCC(F)(F)F. The van der Waals surface area contributed by atoms with Gasteiger partial charge in [0, 0.05) is 30.8 Å². The Balaban J connectivity index is 2.79. The predicted octanol–water partition coefficient (Wildman–Crippen LogP) is 3.67. The number of alkyl halides is 3. The van der Waals surface area contributed by atoms with Gasteiger partial charge in [0.05, 0.1) is 11.6 Å². The first kappa shape index (κ1) is 17.4. The van der Waals surface area contributed by atoms with E-state index in [1.807, 2.05) is 0 Å². The van der Waals surface area contributed by atoms with E-state index in [1.54, 1.807) is 7.11 Å². The predicted molar refractivity (Wildman–Crippen MR) is 71.6 cm³/mol. The Kier molecular flexibility index (Phi) is 6.88. The molecule has 8 heteroatoms. The number of methoxy groups -OCH3 is 1. The van der Waals surface area contributed by atoms with Crippen LogP contribution in [0.5, 0.6) is 5.75 Å². The van der Waals surface area contributed by atoms with E-state index < -0.39 is 12.8 Å². The van der Waals surface area contributed by atoms with Crippen molar-refractivity contribution in [2.75, 3.05) is 26.9 Å². The standard InChI is InChI=1S/C12H14Cl2F3NO2/c1-19-3-2-18-6-8-4-9(13)5-10(14)11(8)20-7-12(15,16)17/h4-5,18H,2-3,6-7H2,1H3. The van der Waals surface area contributed by atoms with Crippen LogP contribution < -0.4 is 10.1 Å². The normalized spacial score (nSPS) is 11.7. The summed E-state index contributed by atoms with van der Waals surface area (Å²) in [5.74, 6) is -0.0155. The van der Waals surface area contributed by atoms with Crippen LogP contribution in [0, 0.1) is 0 Å². The maximum absolute atomic E-state index is 12.2. The molecule has 1 aromatic carbocycles. The largest absolute Gasteiger partial charge is 0.482 e. The molecule has 3 nitrogen and oxygen atoms in total. The van der Waals surface area contributed by atoms with Gasteiger partial charge in [0.25, 0.3) is 0 Å². The summed E-state index contributed by atoms with van der Waals surface area (Å²) in [5.41, 5.74) is 0.461. The van der Waals surface area contributed by atoms with Crippen LogP contribution in [-0.4, -0.2) is 33.0 Å². The topological polar surface area (TPSA) is 30.5 Å².